The summed E-state index contributed by atoms with van der Waals surface area (Å²) in [6.45, 7) is 8.10. The third-order valence-electron chi connectivity index (χ3n) is 4.87. The fourth-order valence-corrected chi connectivity index (χ4v) is 4.46. The van der Waals surface area contributed by atoms with Crippen LogP contribution in [0.15, 0.2) is 24.3 Å². The summed E-state index contributed by atoms with van der Waals surface area (Å²) < 4.78 is 4.80. The highest BCUT2D eigenvalue weighted by Crippen LogP contribution is 2.32. The maximum atomic E-state index is 13.1. The van der Waals surface area contributed by atoms with E-state index in [9.17, 15) is 14.4 Å². The Morgan fingerprint density at radius 2 is 1.90 bits per heavy atom. The van der Waals surface area contributed by atoms with Gasteiger partial charge in [-0.05, 0) is 23.5 Å². The van der Waals surface area contributed by atoms with Crippen LogP contribution < -0.4 is 5.32 Å². The smallest absolute Gasteiger partial charge is 0.357 e. The van der Waals surface area contributed by atoms with Crippen molar-refractivity contribution in [3.8, 4) is 0 Å². The van der Waals surface area contributed by atoms with Crippen LogP contribution in [-0.4, -0.2) is 40.8 Å². The second kappa shape index (κ2) is 8.32. The first-order valence-corrected chi connectivity index (χ1v) is 10.3. The molecule has 0 bridgehead atoms. The molecule has 0 saturated carbocycles. The standard InChI is InChI=1S/C21H25N3O4S/c1-11(2)16(24-10-13-8-6-7-9-14(13)19(24)26)18(25)23-21-22-15(20(27)28-5)17(29-21)12(3)4/h6-9,11-12,16H,10H2,1-5H3,(H,22,23,25)/t16-/m1/s1. The molecule has 2 heterocycles. The molecule has 0 fully saturated rings. The minimum atomic E-state index is -0.650. The molecule has 1 N–H and O–H groups in total. The molecule has 7 nitrogen and oxygen atoms in total. The van der Waals surface area contributed by atoms with Gasteiger partial charge < -0.3 is 15.0 Å². The molecule has 2 aromatic rings. The molecule has 3 rings (SSSR count). The monoisotopic (exact) mass is 415 g/mol. The van der Waals surface area contributed by atoms with E-state index < -0.39 is 12.0 Å². The first kappa shape index (κ1) is 21.0. The van der Waals surface area contributed by atoms with Crippen LogP contribution in [0.1, 0.15) is 64.9 Å². The minimum absolute atomic E-state index is 0.0582. The maximum absolute atomic E-state index is 13.1. The van der Waals surface area contributed by atoms with E-state index in [-0.39, 0.29) is 29.3 Å². The van der Waals surface area contributed by atoms with Crippen LogP contribution in [0.4, 0.5) is 5.13 Å². The van der Waals surface area contributed by atoms with Gasteiger partial charge in [-0.2, -0.15) is 0 Å². The number of esters is 1. The van der Waals surface area contributed by atoms with Gasteiger partial charge in [-0.25, -0.2) is 9.78 Å². The van der Waals surface area contributed by atoms with Crippen molar-refractivity contribution in [3.05, 3.63) is 46.0 Å². The zero-order chi connectivity index (χ0) is 21.3. The second-order valence-corrected chi connectivity index (χ2v) is 8.68. The predicted octanol–water partition coefficient (Wildman–Crippen LogP) is 3.67. The normalized spacial score (nSPS) is 14.3. The summed E-state index contributed by atoms with van der Waals surface area (Å²) >= 11 is 1.25. The number of ether oxygens (including phenoxy) is 1. The van der Waals surface area contributed by atoms with Gasteiger partial charge in [0, 0.05) is 17.0 Å². The van der Waals surface area contributed by atoms with Crippen molar-refractivity contribution in [1.82, 2.24) is 9.88 Å². The third-order valence-corrected chi connectivity index (χ3v) is 6.14. The highest BCUT2D eigenvalue weighted by Gasteiger charge is 2.38. The van der Waals surface area contributed by atoms with Gasteiger partial charge in [0.2, 0.25) is 5.91 Å². The number of rotatable bonds is 6. The maximum Gasteiger partial charge on any atom is 0.357 e. The lowest BCUT2D eigenvalue weighted by atomic mass is 10.0. The molecule has 0 saturated heterocycles. The van der Waals surface area contributed by atoms with Gasteiger partial charge in [-0.1, -0.05) is 45.9 Å². The van der Waals surface area contributed by atoms with Gasteiger partial charge in [0.15, 0.2) is 10.8 Å². The summed E-state index contributed by atoms with van der Waals surface area (Å²) in [5, 5.41) is 3.14. The van der Waals surface area contributed by atoms with Gasteiger partial charge in [0.1, 0.15) is 6.04 Å². The van der Waals surface area contributed by atoms with Crippen LogP contribution in [0, 0.1) is 5.92 Å². The Bertz CT molecular complexity index is 951. The number of nitrogens with zero attached hydrogens (tertiary/aromatic N) is 2. The number of aromatic nitrogens is 1. The topological polar surface area (TPSA) is 88.6 Å². The van der Waals surface area contributed by atoms with Crippen molar-refractivity contribution in [2.45, 2.75) is 46.2 Å². The molecule has 0 radical (unpaired) electrons. The Hall–Kier alpha value is -2.74. The van der Waals surface area contributed by atoms with E-state index in [0.717, 1.165) is 10.4 Å². The van der Waals surface area contributed by atoms with Gasteiger partial charge >= 0.3 is 5.97 Å². The number of thiazole rings is 1. The number of fused-ring (bicyclic) bond motifs is 1. The lowest BCUT2D eigenvalue weighted by Crippen LogP contribution is -2.47. The number of amides is 2. The molecule has 1 atom stereocenters. The van der Waals surface area contributed by atoms with Crippen LogP contribution in [-0.2, 0) is 16.1 Å². The summed E-state index contributed by atoms with van der Waals surface area (Å²) in [5.74, 6) is -1.04. The average Bonchev–Trinajstić information content (AvgIpc) is 3.23. The van der Waals surface area contributed by atoms with E-state index in [2.05, 4.69) is 10.3 Å². The zero-order valence-electron chi connectivity index (χ0n) is 17.2. The Kier molecular flexibility index (Phi) is 6.02. The minimum Gasteiger partial charge on any atom is -0.464 e. The van der Waals surface area contributed by atoms with Gasteiger partial charge in [-0.15, -0.1) is 11.3 Å². The van der Waals surface area contributed by atoms with Crippen LogP contribution in [0.5, 0.6) is 0 Å². The first-order chi connectivity index (χ1) is 13.7. The molecule has 1 aromatic carbocycles. The largest absolute Gasteiger partial charge is 0.464 e. The Morgan fingerprint density at radius 3 is 2.48 bits per heavy atom. The fraction of sp³-hybridized carbons (Fsp3) is 0.429. The van der Waals surface area contributed by atoms with Crippen molar-refractivity contribution >= 4 is 34.3 Å². The molecule has 0 unspecified atom stereocenters. The number of anilines is 1. The van der Waals surface area contributed by atoms with Crippen molar-refractivity contribution < 1.29 is 19.1 Å². The molecule has 29 heavy (non-hydrogen) atoms. The molecule has 8 heteroatoms. The molecule has 2 amide bonds. The van der Waals surface area contributed by atoms with Crippen LogP contribution in [0.2, 0.25) is 0 Å². The van der Waals surface area contributed by atoms with E-state index in [1.54, 1.807) is 11.0 Å². The van der Waals surface area contributed by atoms with Gasteiger partial charge in [-0.3, -0.25) is 9.59 Å². The van der Waals surface area contributed by atoms with E-state index in [1.165, 1.54) is 18.4 Å². The van der Waals surface area contributed by atoms with E-state index >= 15 is 0 Å². The number of carbonyl (C=O) groups excluding carboxylic acids is 3. The highest BCUT2D eigenvalue weighted by molar-refractivity contribution is 7.16. The first-order valence-electron chi connectivity index (χ1n) is 9.53. The van der Waals surface area contributed by atoms with E-state index in [0.29, 0.717) is 17.2 Å². The lowest BCUT2D eigenvalue weighted by molar-refractivity contribution is -0.122. The number of hydrogen-bond donors (Lipinski definition) is 1. The summed E-state index contributed by atoms with van der Waals surface area (Å²) in [4.78, 5) is 44.6. The Labute approximate surface area is 174 Å². The van der Waals surface area contributed by atoms with Crippen molar-refractivity contribution in [1.29, 1.82) is 0 Å². The Balaban J connectivity index is 1.85. The number of carbonyl (C=O) groups is 3. The van der Waals surface area contributed by atoms with Crippen LogP contribution in [0.25, 0.3) is 0 Å². The summed E-state index contributed by atoms with van der Waals surface area (Å²) in [7, 11) is 1.30. The zero-order valence-corrected chi connectivity index (χ0v) is 18.0. The molecule has 0 aliphatic carbocycles. The second-order valence-electron chi connectivity index (χ2n) is 7.65. The predicted molar refractivity (Wildman–Crippen MR) is 111 cm³/mol. The summed E-state index contributed by atoms with van der Waals surface area (Å²) in [6.07, 6.45) is 0. The van der Waals surface area contributed by atoms with Crippen molar-refractivity contribution in [2.24, 2.45) is 5.92 Å². The highest BCUT2D eigenvalue weighted by atomic mass is 32.1. The van der Waals surface area contributed by atoms with Crippen molar-refractivity contribution in [3.63, 3.8) is 0 Å². The average molecular weight is 416 g/mol. The Morgan fingerprint density at radius 1 is 1.21 bits per heavy atom. The fourth-order valence-electron chi connectivity index (χ4n) is 3.50. The molecule has 154 valence electrons. The molecular weight excluding hydrogens is 390 g/mol. The molecule has 1 aliphatic rings. The van der Waals surface area contributed by atoms with Crippen LogP contribution >= 0.6 is 11.3 Å². The van der Waals surface area contributed by atoms with Gasteiger partial charge in [0.05, 0.1) is 7.11 Å². The quantitative estimate of drug-likeness (QED) is 0.727. The SMILES string of the molecule is COC(=O)c1nc(NC(=O)[C@@H](C(C)C)N2Cc3ccccc3C2=O)sc1C(C)C. The molecular formula is C21H25N3O4S. The summed E-state index contributed by atoms with van der Waals surface area (Å²) in [6, 6.07) is 6.74. The number of methoxy groups -OCH3 is 1. The molecule has 0 spiro atoms. The summed E-state index contributed by atoms with van der Waals surface area (Å²) in [5.41, 5.74) is 1.77. The van der Waals surface area contributed by atoms with E-state index in [1.807, 2.05) is 45.9 Å². The van der Waals surface area contributed by atoms with Crippen molar-refractivity contribution in [2.75, 3.05) is 12.4 Å². The van der Waals surface area contributed by atoms with Gasteiger partial charge in [0.25, 0.3) is 5.91 Å². The number of hydrogen-bond acceptors (Lipinski definition) is 6. The number of benzene rings is 1. The van der Waals surface area contributed by atoms with Crippen LogP contribution in [0.3, 0.4) is 0 Å². The number of nitrogens with one attached hydrogen (secondary N) is 1. The third kappa shape index (κ3) is 4.03. The lowest BCUT2D eigenvalue weighted by Gasteiger charge is -2.29. The molecule has 1 aromatic heterocycles. The van der Waals surface area contributed by atoms with E-state index in [4.69, 9.17) is 4.74 Å². The molecule has 1 aliphatic heterocycles.